The predicted molar refractivity (Wildman–Crippen MR) is 106 cm³/mol. The Hall–Kier alpha value is -1.33. The first-order chi connectivity index (χ1) is 11.5. The third-order valence-corrected chi connectivity index (χ3v) is 4.52. The normalized spacial score (nSPS) is 16.2. The van der Waals surface area contributed by atoms with Crippen molar-refractivity contribution in [2.75, 3.05) is 31.5 Å². The van der Waals surface area contributed by atoms with Gasteiger partial charge in [0.2, 0.25) is 0 Å². The van der Waals surface area contributed by atoms with Crippen molar-refractivity contribution in [2.45, 2.75) is 46.1 Å². The van der Waals surface area contributed by atoms with Crippen LogP contribution < -0.4 is 15.4 Å². The van der Waals surface area contributed by atoms with E-state index < -0.39 is 0 Å². The van der Waals surface area contributed by atoms with Crippen molar-refractivity contribution in [1.82, 2.24) is 10.2 Å². The van der Waals surface area contributed by atoms with Crippen molar-refractivity contribution >= 4 is 23.0 Å². The molecule has 0 bridgehead atoms. The van der Waals surface area contributed by atoms with E-state index in [1.165, 1.54) is 25.9 Å². The molecule has 5 heteroatoms. The van der Waals surface area contributed by atoms with Gasteiger partial charge < -0.3 is 20.3 Å². The van der Waals surface area contributed by atoms with Gasteiger partial charge in [-0.1, -0.05) is 13.0 Å². The van der Waals surface area contributed by atoms with Gasteiger partial charge in [0.05, 0.1) is 6.10 Å². The summed E-state index contributed by atoms with van der Waals surface area (Å²) in [5.74, 6) is 1.75. The van der Waals surface area contributed by atoms with E-state index >= 15 is 0 Å². The molecule has 1 aliphatic heterocycles. The molecular formula is C19H31N3OS. The number of hydrogen-bond acceptors (Lipinski definition) is 3. The van der Waals surface area contributed by atoms with Gasteiger partial charge >= 0.3 is 0 Å². The number of likely N-dealkylation sites (tertiary alicyclic amines) is 1. The number of piperidine rings is 1. The van der Waals surface area contributed by atoms with Crippen LogP contribution in [0.2, 0.25) is 0 Å². The number of benzene rings is 1. The summed E-state index contributed by atoms with van der Waals surface area (Å²) in [5, 5.41) is 7.19. The minimum absolute atomic E-state index is 0.170. The SMILES string of the molecule is CC1CCN(CCCNC(=S)Nc2cccc(OC(C)C)c2)CC1. The number of thiocarbonyl (C=S) groups is 1. The summed E-state index contributed by atoms with van der Waals surface area (Å²) in [6, 6.07) is 7.90. The zero-order valence-electron chi connectivity index (χ0n) is 15.2. The fourth-order valence-electron chi connectivity index (χ4n) is 2.88. The van der Waals surface area contributed by atoms with Crippen LogP contribution in [-0.4, -0.2) is 42.3 Å². The van der Waals surface area contributed by atoms with E-state index in [2.05, 4.69) is 22.5 Å². The molecule has 4 nitrogen and oxygen atoms in total. The summed E-state index contributed by atoms with van der Waals surface area (Å²) in [7, 11) is 0. The van der Waals surface area contributed by atoms with Gasteiger partial charge in [0.15, 0.2) is 5.11 Å². The maximum Gasteiger partial charge on any atom is 0.170 e. The summed E-state index contributed by atoms with van der Waals surface area (Å²) in [6.07, 6.45) is 3.96. The van der Waals surface area contributed by atoms with Crippen molar-refractivity contribution in [3.8, 4) is 5.75 Å². The van der Waals surface area contributed by atoms with Gasteiger partial charge in [-0.2, -0.15) is 0 Å². The zero-order valence-corrected chi connectivity index (χ0v) is 16.0. The molecule has 1 fully saturated rings. The summed E-state index contributed by atoms with van der Waals surface area (Å²) < 4.78 is 5.70. The molecule has 0 radical (unpaired) electrons. The molecule has 0 atom stereocenters. The fourth-order valence-corrected chi connectivity index (χ4v) is 3.10. The van der Waals surface area contributed by atoms with Gasteiger partial charge in [-0.15, -0.1) is 0 Å². The number of anilines is 1. The molecule has 2 N–H and O–H groups in total. The van der Waals surface area contributed by atoms with Crippen LogP contribution in [0, 0.1) is 5.92 Å². The van der Waals surface area contributed by atoms with Crippen LogP contribution in [-0.2, 0) is 0 Å². The van der Waals surface area contributed by atoms with Gasteiger partial charge in [-0.3, -0.25) is 0 Å². The third kappa shape index (κ3) is 7.05. The van der Waals surface area contributed by atoms with E-state index in [-0.39, 0.29) is 6.10 Å². The lowest BCUT2D eigenvalue weighted by Gasteiger charge is -2.30. The molecule has 134 valence electrons. The Morgan fingerprint density at radius 3 is 2.79 bits per heavy atom. The summed E-state index contributed by atoms with van der Waals surface area (Å²) >= 11 is 5.38. The minimum Gasteiger partial charge on any atom is -0.491 e. The molecule has 0 aliphatic carbocycles. The molecule has 24 heavy (non-hydrogen) atoms. The lowest BCUT2D eigenvalue weighted by Crippen LogP contribution is -2.36. The topological polar surface area (TPSA) is 36.5 Å². The first-order valence-electron chi connectivity index (χ1n) is 9.07. The van der Waals surface area contributed by atoms with E-state index in [0.29, 0.717) is 5.11 Å². The highest BCUT2D eigenvalue weighted by molar-refractivity contribution is 7.80. The monoisotopic (exact) mass is 349 g/mol. The number of rotatable bonds is 7. The van der Waals surface area contributed by atoms with Crippen LogP contribution in [0.15, 0.2) is 24.3 Å². The lowest BCUT2D eigenvalue weighted by molar-refractivity contribution is 0.191. The van der Waals surface area contributed by atoms with E-state index in [4.69, 9.17) is 17.0 Å². The standard InChI is InChI=1S/C19H31N3OS/c1-15(2)23-18-7-4-6-17(14-18)21-19(24)20-10-5-11-22-12-8-16(3)9-13-22/h4,6-7,14-16H,5,8-13H2,1-3H3,(H2,20,21,24). The average Bonchev–Trinajstić information content (AvgIpc) is 2.53. The highest BCUT2D eigenvalue weighted by Crippen LogP contribution is 2.18. The lowest BCUT2D eigenvalue weighted by atomic mass is 9.99. The second-order valence-corrected chi connectivity index (χ2v) is 7.36. The minimum atomic E-state index is 0.170. The van der Waals surface area contributed by atoms with E-state index in [9.17, 15) is 0 Å². The fraction of sp³-hybridized carbons (Fsp3) is 0.632. The molecular weight excluding hydrogens is 318 g/mol. The molecule has 2 rings (SSSR count). The smallest absolute Gasteiger partial charge is 0.170 e. The first-order valence-corrected chi connectivity index (χ1v) is 9.47. The highest BCUT2D eigenvalue weighted by atomic mass is 32.1. The molecule has 0 spiro atoms. The number of hydrogen-bond donors (Lipinski definition) is 2. The van der Waals surface area contributed by atoms with Gasteiger partial charge in [-0.25, -0.2) is 0 Å². The summed E-state index contributed by atoms with van der Waals surface area (Å²) in [6.45, 7) is 10.9. The Balaban J connectivity index is 1.64. The molecule has 1 aliphatic rings. The van der Waals surface area contributed by atoms with Crippen molar-refractivity contribution in [3.63, 3.8) is 0 Å². The maximum atomic E-state index is 5.70. The van der Waals surface area contributed by atoms with Crippen molar-refractivity contribution in [1.29, 1.82) is 0 Å². The van der Waals surface area contributed by atoms with Crippen LogP contribution in [0.5, 0.6) is 5.75 Å². The molecule has 1 aromatic carbocycles. The number of ether oxygens (including phenoxy) is 1. The summed E-state index contributed by atoms with van der Waals surface area (Å²) in [4.78, 5) is 2.56. The number of nitrogens with one attached hydrogen (secondary N) is 2. The van der Waals surface area contributed by atoms with Gasteiger partial charge in [0, 0.05) is 18.3 Å². The Morgan fingerprint density at radius 2 is 2.08 bits per heavy atom. The Kier molecular flexibility index (Phi) is 7.79. The zero-order chi connectivity index (χ0) is 17.4. The van der Waals surface area contributed by atoms with Crippen molar-refractivity contribution < 1.29 is 4.74 Å². The molecule has 1 heterocycles. The van der Waals surface area contributed by atoms with Crippen molar-refractivity contribution in [3.05, 3.63) is 24.3 Å². The Bertz CT molecular complexity index is 513. The summed E-state index contributed by atoms with van der Waals surface area (Å²) in [5.41, 5.74) is 0.954. The number of nitrogens with zero attached hydrogens (tertiary/aromatic N) is 1. The molecule has 0 saturated carbocycles. The Labute approximate surface area is 152 Å². The quantitative estimate of drug-likeness (QED) is 0.577. The van der Waals surface area contributed by atoms with Crippen LogP contribution >= 0.6 is 12.2 Å². The second-order valence-electron chi connectivity index (χ2n) is 6.95. The highest BCUT2D eigenvalue weighted by Gasteiger charge is 2.14. The largest absolute Gasteiger partial charge is 0.491 e. The molecule has 1 aromatic rings. The van der Waals surface area contributed by atoms with Crippen LogP contribution in [0.4, 0.5) is 5.69 Å². The first kappa shape index (κ1) is 19.0. The van der Waals surface area contributed by atoms with Gasteiger partial charge in [0.1, 0.15) is 5.75 Å². The van der Waals surface area contributed by atoms with Crippen molar-refractivity contribution in [2.24, 2.45) is 5.92 Å². The van der Waals surface area contributed by atoms with Crippen LogP contribution in [0.1, 0.15) is 40.0 Å². The molecule has 0 aromatic heterocycles. The van der Waals surface area contributed by atoms with Gasteiger partial charge in [-0.05, 0) is 83.0 Å². The van der Waals surface area contributed by atoms with E-state index in [1.54, 1.807) is 0 Å². The third-order valence-electron chi connectivity index (χ3n) is 4.28. The van der Waals surface area contributed by atoms with E-state index in [1.807, 2.05) is 38.1 Å². The second kappa shape index (κ2) is 9.84. The van der Waals surface area contributed by atoms with Gasteiger partial charge in [0.25, 0.3) is 0 Å². The van der Waals surface area contributed by atoms with E-state index in [0.717, 1.165) is 36.9 Å². The molecule has 0 amide bonds. The predicted octanol–water partition coefficient (Wildman–Crippen LogP) is 3.88. The van der Waals surface area contributed by atoms with Crippen LogP contribution in [0.3, 0.4) is 0 Å². The molecule has 1 saturated heterocycles. The average molecular weight is 350 g/mol. The molecule has 0 unspecified atom stereocenters. The maximum absolute atomic E-state index is 5.70. The van der Waals surface area contributed by atoms with Crippen LogP contribution in [0.25, 0.3) is 0 Å². The Morgan fingerprint density at radius 1 is 1.33 bits per heavy atom.